The summed E-state index contributed by atoms with van der Waals surface area (Å²) in [4.78, 5) is 27.9. The fourth-order valence-electron chi connectivity index (χ4n) is 3.63. The zero-order chi connectivity index (χ0) is 24.0. The summed E-state index contributed by atoms with van der Waals surface area (Å²) < 4.78 is 7.09. The Balaban J connectivity index is 2.03. The van der Waals surface area contributed by atoms with E-state index >= 15 is 0 Å². The molecule has 1 aromatic carbocycles. The first-order valence-electron chi connectivity index (χ1n) is 10.6. The summed E-state index contributed by atoms with van der Waals surface area (Å²) in [5.74, 6) is 0.390. The van der Waals surface area contributed by atoms with Crippen molar-refractivity contribution in [2.75, 3.05) is 32.1 Å². The quantitative estimate of drug-likeness (QED) is 0.432. The van der Waals surface area contributed by atoms with E-state index in [2.05, 4.69) is 5.32 Å². The molecule has 1 fully saturated rings. The predicted octanol–water partition coefficient (Wildman–Crippen LogP) is 3.55. The first-order valence-corrected chi connectivity index (χ1v) is 11.8. The number of benzene rings is 1. The number of rotatable bonds is 9. The number of anilines is 1. The van der Waals surface area contributed by atoms with Gasteiger partial charge in [-0.05, 0) is 37.5 Å². The van der Waals surface area contributed by atoms with Crippen LogP contribution >= 0.6 is 24.0 Å². The third-order valence-electron chi connectivity index (χ3n) is 5.41. The largest absolute Gasteiger partial charge is 0.383 e. The standard InChI is InChI=1S/C24H26N4O3S2/c1-4-27-21(26-11-10-17-8-6-5-7-9-17)18(16(2)19(15-25)22(27)29)14-20-23(30)28(12-13-31-3)24(32)33-20/h5-9,14,26H,4,10-13H2,1-3H3/b20-14+. The lowest BCUT2D eigenvalue weighted by Crippen LogP contribution is -2.31. The second-order valence-electron chi connectivity index (χ2n) is 7.41. The molecule has 33 heavy (non-hydrogen) atoms. The van der Waals surface area contributed by atoms with Crippen LogP contribution in [0.4, 0.5) is 5.82 Å². The monoisotopic (exact) mass is 482 g/mol. The highest BCUT2D eigenvalue weighted by molar-refractivity contribution is 8.26. The molecular formula is C24H26N4O3S2. The van der Waals surface area contributed by atoms with Crippen molar-refractivity contribution >= 4 is 46.1 Å². The second kappa shape index (κ2) is 11.3. The summed E-state index contributed by atoms with van der Waals surface area (Å²) in [5.41, 5.74) is 2.09. The molecule has 0 radical (unpaired) electrons. The van der Waals surface area contributed by atoms with Gasteiger partial charge in [-0.25, -0.2) is 0 Å². The van der Waals surface area contributed by atoms with E-state index in [1.54, 1.807) is 24.7 Å². The van der Waals surface area contributed by atoms with E-state index in [0.29, 0.717) is 52.4 Å². The average molecular weight is 483 g/mol. The molecule has 3 rings (SSSR count). The number of carbonyl (C=O) groups is 1. The fraction of sp³-hybridized carbons (Fsp3) is 0.333. The molecular weight excluding hydrogens is 456 g/mol. The molecule has 0 bridgehead atoms. The number of nitrogens with zero attached hydrogens (tertiary/aromatic N) is 3. The Hall–Kier alpha value is -2.93. The number of nitrogens with one attached hydrogen (secondary N) is 1. The van der Waals surface area contributed by atoms with E-state index in [9.17, 15) is 14.9 Å². The van der Waals surface area contributed by atoms with E-state index in [0.717, 1.165) is 6.42 Å². The highest BCUT2D eigenvalue weighted by Gasteiger charge is 2.32. The van der Waals surface area contributed by atoms with Gasteiger partial charge in [0.2, 0.25) is 0 Å². The van der Waals surface area contributed by atoms with Gasteiger partial charge in [0.15, 0.2) is 0 Å². The van der Waals surface area contributed by atoms with Crippen LogP contribution in [0.3, 0.4) is 0 Å². The van der Waals surface area contributed by atoms with E-state index in [1.165, 1.54) is 22.2 Å². The van der Waals surface area contributed by atoms with Gasteiger partial charge in [-0.1, -0.05) is 54.3 Å². The number of methoxy groups -OCH3 is 1. The third kappa shape index (κ3) is 5.36. The maximum atomic E-state index is 13.0. The van der Waals surface area contributed by atoms with Crippen LogP contribution in [0.15, 0.2) is 40.0 Å². The molecule has 1 aromatic heterocycles. The van der Waals surface area contributed by atoms with E-state index < -0.39 is 0 Å². The van der Waals surface area contributed by atoms with Crippen LogP contribution < -0.4 is 10.9 Å². The molecule has 0 saturated carbocycles. The number of pyridine rings is 1. The zero-order valence-electron chi connectivity index (χ0n) is 18.9. The highest BCUT2D eigenvalue weighted by atomic mass is 32.2. The van der Waals surface area contributed by atoms with Crippen molar-refractivity contribution in [3.8, 4) is 6.07 Å². The summed E-state index contributed by atoms with van der Waals surface area (Å²) in [6, 6.07) is 12.1. The van der Waals surface area contributed by atoms with Crippen LogP contribution in [-0.2, 0) is 22.5 Å². The average Bonchev–Trinajstić information content (AvgIpc) is 3.08. The van der Waals surface area contributed by atoms with Crippen LogP contribution in [0.25, 0.3) is 6.08 Å². The Kier molecular flexibility index (Phi) is 8.44. The fourth-order valence-corrected chi connectivity index (χ4v) is 4.92. The summed E-state index contributed by atoms with van der Waals surface area (Å²) in [7, 11) is 1.57. The number of hydrogen-bond donors (Lipinski definition) is 1. The van der Waals surface area contributed by atoms with Gasteiger partial charge in [0.25, 0.3) is 11.5 Å². The Bertz CT molecular complexity index is 1180. The van der Waals surface area contributed by atoms with Crippen molar-refractivity contribution in [2.45, 2.75) is 26.8 Å². The lowest BCUT2D eigenvalue weighted by atomic mass is 10.0. The van der Waals surface area contributed by atoms with E-state index in [1.807, 2.05) is 43.3 Å². The first-order chi connectivity index (χ1) is 15.9. The lowest BCUT2D eigenvalue weighted by Gasteiger charge is -2.19. The molecule has 1 aliphatic rings. The third-order valence-corrected chi connectivity index (χ3v) is 6.79. The summed E-state index contributed by atoms with van der Waals surface area (Å²) >= 11 is 6.59. The molecule has 1 amide bonds. The Morgan fingerprint density at radius 3 is 2.64 bits per heavy atom. The van der Waals surface area contributed by atoms with Crippen LogP contribution in [-0.4, -0.2) is 46.5 Å². The lowest BCUT2D eigenvalue weighted by molar-refractivity contribution is -0.122. The van der Waals surface area contributed by atoms with Crippen molar-refractivity contribution < 1.29 is 9.53 Å². The zero-order valence-corrected chi connectivity index (χ0v) is 20.5. The van der Waals surface area contributed by atoms with Gasteiger partial charge in [-0.2, -0.15) is 5.26 Å². The summed E-state index contributed by atoms with van der Waals surface area (Å²) in [6.45, 7) is 5.32. The van der Waals surface area contributed by atoms with Crippen molar-refractivity contribution in [3.63, 3.8) is 0 Å². The topological polar surface area (TPSA) is 87.4 Å². The summed E-state index contributed by atoms with van der Waals surface area (Å²) in [6.07, 6.45) is 2.50. The number of amides is 1. The van der Waals surface area contributed by atoms with Crippen LogP contribution in [0.2, 0.25) is 0 Å². The SMILES string of the molecule is CCn1c(NCCc2ccccc2)c(/C=C2/SC(=S)N(CCOC)C2=O)c(C)c(C#N)c1=O. The minimum atomic E-state index is -0.343. The van der Waals surface area contributed by atoms with Crippen molar-refractivity contribution in [2.24, 2.45) is 0 Å². The van der Waals surface area contributed by atoms with Crippen LogP contribution in [0.5, 0.6) is 0 Å². The molecule has 1 N–H and O–H groups in total. The van der Waals surface area contributed by atoms with Gasteiger partial charge in [-0.3, -0.25) is 19.1 Å². The number of nitriles is 1. The number of ether oxygens (including phenoxy) is 1. The maximum absolute atomic E-state index is 13.0. The minimum Gasteiger partial charge on any atom is -0.383 e. The highest BCUT2D eigenvalue weighted by Crippen LogP contribution is 2.34. The molecule has 1 saturated heterocycles. The molecule has 0 aliphatic carbocycles. The van der Waals surface area contributed by atoms with Crippen molar-refractivity contribution in [3.05, 3.63) is 67.8 Å². The van der Waals surface area contributed by atoms with Gasteiger partial charge < -0.3 is 10.1 Å². The number of hydrogen-bond acceptors (Lipinski definition) is 7. The molecule has 1 aliphatic heterocycles. The second-order valence-corrected chi connectivity index (χ2v) is 9.09. The molecule has 0 unspecified atom stereocenters. The minimum absolute atomic E-state index is 0.0755. The molecule has 2 aromatic rings. The normalized spacial score (nSPS) is 14.7. The maximum Gasteiger partial charge on any atom is 0.270 e. The Morgan fingerprint density at radius 1 is 1.27 bits per heavy atom. The smallest absolute Gasteiger partial charge is 0.270 e. The predicted molar refractivity (Wildman–Crippen MR) is 136 cm³/mol. The number of thiocarbonyl (C=S) groups is 1. The van der Waals surface area contributed by atoms with Crippen molar-refractivity contribution in [1.82, 2.24) is 9.47 Å². The van der Waals surface area contributed by atoms with Gasteiger partial charge in [0.1, 0.15) is 21.8 Å². The molecule has 9 heteroatoms. The van der Waals surface area contributed by atoms with Gasteiger partial charge in [-0.15, -0.1) is 0 Å². The van der Waals surface area contributed by atoms with Crippen LogP contribution in [0.1, 0.15) is 29.2 Å². The molecule has 7 nitrogen and oxygen atoms in total. The summed E-state index contributed by atoms with van der Waals surface area (Å²) in [5, 5.41) is 13.0. The molecule has 172 valence electrons. The molecule has 0 atom stereocenters. The number of thioether (sulfide) groups is 1. The van der Waals surface area contributed by atoms with Crippen LogP contribution in [0, 0.1) is 18.3 Å². The molecule has 0 spiro atoms. The molecule has 2 heterocycles. The first kappa shape index (κ1) is 24.7. The van der Waals surface area contributed by atoms with Gasteiger partial charge >= 0.3 is 0 Å². The van der Waals surface area contributed by atoms with Crippen molar-refractivity contribution in [1.29, 1.82) is 5.26 Å². The number of carbonyl (C=O) groups excluding carboxylic acids is 1. The van der Waals surface area contributed by atoms with Gasteiger partial charge in [0.05, 0.1) is 18.1 Å². The van der Waals surface area contributed by atoms with E-state index in [-0.39, 0.29) is 17.0 Å². The van der Waals surface area contributed by atoms with Gasteiger partial charge in [0, 0.05) is 25.8 Å². The Labute approximate surface area is 203 Å². The number of aromatic nitrogens is 1. The van der Waals surface area contributed by atoms with E-state index in [4.69, 9.17) is 17.0 Å². The Morgan fingerprint density at radius 2 is 2.00 bits per heavy atom.